The van der Waals surface area contributed by atoms with E-state index in [0.29, 0.717) is 24.3 Å². The van der Waals surface area contributed by atoms with Crippen LogP contribution in [-0.2, 0) is 6.61 Å². The fraction of sp³-hybridized carbons (Fsp3) is 0.227. The first-order valence-electron chi connectivity index (χ1n) is 9.18. The van der Waals surface area contributed by atoms with E-state index in [2.05, 4.69) is 9.97 Å². The molecule has 0 saturated heterocycles. The summed E-state index contributed by atoms with van der Waals surface area (Å²) in [6.45, 7) is 1.05. The second-order valence-corrected chi connectivity index (χ2v) is 6.81. The van der Waals surface area contributed by atoms with E-state index in [-0.39, 0.29) is 5.56 Å². The molecule has 1 fully saturated rings. The van der Waals surface area contributed by atoms with Crippen LogP contribution < -0.4 is 9.47 Å². The fourth-order valence-electron chi connectivity index (χ4n) is 2.69. The van der Waals surface area contributed by atoms with Gasteiger partial charge in [0.1, 0.15) is 6.61 Å². The normalized spacial score (nSPS) is 13.1. The van der Waals surface area contributed by atoms with Gasteiger partial charge in [0.05, 0.1) is 12.2 Å². The number of nitrogens with zero attached hydrogens (tertiary/aromatic N) is 2. The van der Waals surface area contributed by atoms with E-state index in [1.807, 2.05) is 24.3 Å². The van der Waals surface area contributed by atoms with Crippen molar-refractivity contribution in [2.75, 3.05) is 6.61 Å². The topological polar surface area (TPSA) is 81.5 Å². The molecule has 1 aromatic carbocycles. The fourth-order valence-corrected chi connectivity index (χ4v) is 2.69. The van der Waals surface area contributed by atoms with E-state index < -0.39 is 5.97 Å². The summed E-state index contributed by atoms with van der Waals surface area (Å²) in [5.74, 6) is 0.890. The van der Waals surface area contributed by atoms with Crippen LogP contribution in [0.3, 0.4) is 0 Å². The van der Waals surface area contributed by atoms with Gasteiger partial charge in [-0.3, -0.25) is 0 Å². The number of carbonyl (C=O) groups is 1. The predicted octanol–water partition coefficient (Wildman–Crippen LogP) is 4.21. The van der Waals surface area contributed by atoms with E-state index in [1.54, 1.807) is 36.7 Å². The second-order valence-electron chi connectivity index (χ2n) is 6.81. The van der Waals surface area contributed by atoms with Crippen LogP contribution >= 0.6 is 0 Å². The minimum Gasteiger partial charge on any atom is -0.478 e. The molecule has 6 nitrogen and oxygen atoms in total. The third kappa shape index (κ3) is 4.65. The first kappa shape index (κ1) is 18.0. The molecule has 0 atom stereocenters. The van der Waals surface area contributed by atoms with Crippen LogP contribution in [0.2, 0.25) is 0 Å². The standard InChI is InChI=1S/C22H20N2O4/c25-22(26)17-5-3-16(4-6-17)14-28-21-11-18(9-10-23-21)19-7-8-20(24-12-19)27-13-15-1-2-15/h3-12,15H,1-2,13-14H2,(H,25,26). The van der Waals surface area contributed by atoms with Crippen molar-refractivity contribution < 1.29 is 19.4 Å². The number of aromatic nitrogens is 2. The van der Waals surface area contributed by atoms with E-state index in [4.69, 9.17) is 14.6 Å². The van der Waals surface area contributed by atoms with Gasteiger partial charge in [0.2, 0.25) is 11.8 Å². The van der Waals surface area contributed by atoms with Gasteiger partial charge in [0.15, 0.2) is 0 Å². The average molecular weight is 376 g/mol. The third-order valence-corrected chi connectivity index (χ3v) is 4.56. The monoisotopic (exact) mass is 376 g/mol. The molecule has 1 saturated carbocycles. The van der Waals surface area contributed by atoms with Crippen LogP contribution in [0.25, 0.3) is 11.1 Å². The molecule has 0 unspecified atom stereocenters. The number of hydrogen-bond donors (Lipinski definition) is 1. The molecule has 0 radical (unpaired) electrons. The number of rotatable bonds is 8. The summed E-state index contributed by atoms with van der Waals surface area (Å²) in [5, 5.41) is 8.94. The molecule has 4 rings (SSSR count). The van der Waals surface area contributed by atoms with Crippen molar-refractivity contribution in [3.8, 4) is 22.9 Å². The van der Waals surface area contributed by atoms with Gasteiger partial charge in [-0.15, -0.1) is 0 Å². The lowest BCUT2D eigenvalue weighted by Gasteiger charge is -2.08. The Bertz CT molecular complexity index is 951. The highest BCUT2D eigenvalue weighted by Crippen LogP contribution is 2.29. The van der Waals surface area contributed by atoms with Gasteiger partial charge in [0, 0.05) is 30.1 Å². The van der Waals surface area contributed by atoms with Crippen LogP contribution in [-0.4, -0.2) is 27.7 Å². The maximum Gasteiger partial charge on any atom is 0.335 e. The van der Waals surface area contributed by atoms with Crippen molar-refractivity contribution in [1.82, 2.24) is 9.97 Å². The molecule has 142 valence electrons. The van der Waals surface area contributed by atoms with Gasteiger partial charge in [-0.1, -0.05) is 12.1 Å². The summed E-state index contributed by atoms with van der Waals surface area (Å²) in [6.07, 6.45) is 5.98. The molecule has 2 aromatic heterocycles. The quantitative estimate of drug-likeness (QED) is 0.634. The summed E-state index contributed by atoms with van der Waals surface area (Å²) in [6, 6.07) is 14.2. The van der Waals surface area contributed by atoms with Gasteiger partial charge >= 0.3 is 5.97 Å². The van der Waals surface area contributed by atoms with E-state index in [9.17, 15) is 4.79 Å². The highest BCUT2D eigenvalue weighted by molar-refractivity contribution is 5.87. The number of benzene rings is 1. The molecule has 3 aromatic rings. The minimum atomic E-state index is -0.945. The largest absolute Gasteiger partial charge is 0.478 e. The molecule has 0 spiro atoms. The van der Waals surface area contributed by atoms with Crippen molar-refractivity contribution in [2.24, 2.45) is 5.92 Å². The average Bonchev–Trinajstić information content (AvgIpc) is 3.56. The second kappa shape index (κ2) is 8.08. The molecule has 1 aliphatic rings. The number of carboxylic acid groups (broad SMARTS) is 1. The lowest BCUT2D eigenvalue weighted by molar-refractivity contribution is 0.0697. The van der Waals surface area contributed by atoms with Crippen LogP contribution in [0.15, 0.2) is 60.9 Å². The number of carboxylic acids is 1. The Morgan fingerprint density at radius 2 is 1.79 bits per heavy atom. The van der Waals surface area contributed by atoms with Crippen molar-refractivity contribution in [1.29, 1.82) is 0 Å². The highest BCUT2D eigenvalue weighted by atomic mass is 16.5. The highest BCUT2D eigenvalue weighted by Gasteiger charge is 2.22. The van der Waals surface area contributed by atoms with Gasteiger partial charge in [0.25, 0.3) is 0 Å². The minimum absolute atomic E-state index is 0.251. The molecular weight excluding hydrogens is 356 g/mol. The van der Waals surface area contributed by atoms with E-state index >= 15 is 0 Å². The summed E-state index contributed by atoms with van der Waals surface area (Å²) in [5.41, 5.74) is 3.03. The molecule has 2 heterocycles. The lowest BCUT2D eigenvalue weighted by atomic mass is 10.1. The maximum atomic E-state index is 10.9. The van der Waals surface area contributed by atoms with Gasteiger partial charge < -0.3 is 14.6 Å². The van der Waals surface area contributed by atoms with Crippen molar-refractivity contribution in [3.63, 3.8) is 0 Å². The molecular formula is C22H20N2O4. The summed E-state index contributed by atoms with van der Waals surface area (Å²) in [7, 11) is 0. The first-order valence-corrected chi connectivity index (χ1v) is 9.18. The zero-order valence-electron chi connectivity index (χ0n) is 15.2. The number of hydrogen-bond acceptors (Lipinski definition) is 5. The Balaban J connectivity index is 1.38. The zero-order valence-corrected chi connectivity index (χ0v) is 15.2. The Morgan fingerprint density at radius 3 is 2.46 bits per heavy atom. The van der Waals surface area contributed by atoms with Crippen LogP contribution in [0, 0.1) is 5.92 Å². The van der Waals surface area contributed by atoms with E-state index in [1.165, 1.54) is 12.8 Å². The van der Waals surface area contributed by atoms with E-state index in [0.717, 1.165) is 23.3 Å². The van der Waals surface area contributed by atoms with Crippen LogP contribution in [0.1, 0.15) is 28.8 Å². The van der Waals surface area contributed by atoms with Crippen LogP contribution in [0.5, 0.6) is 11.8 Å². The Labute approximate surface area is 162 Å². The summed E-state index contributed by atoms with van der Waals surface area (Å²) < 4.78 is 11.4. The predicted molar refractivity (Wildman–Crippen MR) is 103 cm³/mol. The maximum absolute atomic E-state index is 10.9. The van der Waals surface area contributed by atoms with Gasteiger partial charge in [-0.2, -0.15) is 0 Å². The molecule has 1 aliphatic carbocycles. The molecule has 1 N–H and O–H groups in total. The molecule has 0 amide bonds. The Hall–Kier alpha value is -3.41. The van der Waals surface area contributed by atoms with Crippen molar-refractivity contribution in [3.05, 3.63) is 72.1 Å². The molecule has 28 heavy (non-hydrogen) atoms. The SMILES string of the molecule is O=C(O)c1ccc(COc2cc(-c3ccc(OCC4CC4)nc3)ccn2)cc1. The molecule has 6 heteroatoms. The smallest absolute Gasteiger partial charge is 0.335 e. The Kier molecular flexibility index (Phi) is 5.19. The number of ether oxygens (including phenoxy) is 2. The molecule has 0 aliphatic heterocycles. The first-order chi connectivity index (χ1) is 13.7. The lowest BCUT2D eigenvalue weighted by Crippen LogP contribution is -2.00. The van der Waals surface area contributed by atoms with Crippen molar-refractivity contribution in [2.45, 2.75) is 19.4 Å². The van der Waals surface area contributed by atoms with Crippen LogP contribution in [0.4, 0.5) is 0 Å². The summed E-state index contributed by atoms with van der Waals surface area (Å²) >= 11 is 0. The summed E-state index contributed by atoms with van der Waals surface area (Å²) in [4.78, 5) is 19.5. The Morgan fingerprint density at radius 1 is 0.964 bits per heavy atom. The molecule has 0 bridgehead atoms. The third-order valence-electron chi connectivity index (χ3n) is 4.56. The van der Waals surface area contributed by atoms with Gasteiger partial charge in [-0.25, -0.2) is 14.8 Å². The van der Waals surface area contributed by atoms with Gasteiger partial charge in [-0.05, 0) is 54.2 Å². The zero-order chi connectivity index (χ0) is 19.3. The number of aromatic carboxylic acids is 1. The number of pyridine rings is 2. The van der Waals surface area contributed by atoms with Crippen molar-refractivity contribution >= 4 is 5.97 Å².